The summed E-state index contributed by atoms with van der Waals surface area (Å²) < 4.78 is 31.9. The van der Waals surface area contributed by atoms with E-state index in [-0.39, 0.29) is 21.4 Å². The van der Waals surface area contributed by atoms with Gasteiger partial charge in [-0.05, 0) is 28.8 Å². The molecular formula is C13H18BrNO5S. The van der Waals surface area contributed by atoms with E-state index in [1.807, 2.05) is 0 Å². The minimum absolute atomic E-state index is 0.0242. The van der Waals surface area contributed by atoms with Gasteiger partial charge in [0.05, 0.1) is 0 Å². The quantitative estimate of drug-likeness (QED) is 0.848. The van der Waals surface area contributed by atoms with E-state index < -0.39 is 16.0 Å². The van der Waals surface area contributed by atoms with E-state index in [0.29, 0.717) is 6.54 Å². The van der Waals surface area contributed by atoms with Crippen molar-refractivity contribution in [2.75, 3.05) is 6.54 Å². The summed E-state index contributed by atoms with van der Waals surface area (Å²) in [5.41, 5.74) is 0. The minimum atomic E-state index is -3.76. The Bertz CT molecular complexity index is 619. The first-order chi connectivity index (χ1) is 9.87. The van der Waals surface area contributed by atoms with Crippen LogP contribution in [0.5, 0.6) is 0 Å². The normalized spacial score (nSPS) is 17.3. The fourth-order valence-corrected chi connectivity index (χ4v) is 5.35. The van der Waals surface area contributed by atoms with Gasteiger partial charge in [0.25, 0.3) is 0 Å². The third kappa shape index (κ3) is 3.32. The van der Waals surface area contributed by atoms with E-state index in [2.05, 4.69) is 15.9 Å². The van der Waals surface area contributed by atoms with Crippen LogP contribution in [0, 0.1) is 0 Å². The molecule has 0 radical (unpaired) electrons. The molecule has 21 heavy (non-hydrogen) atoms. The van der Waals surface area contributed by atoms with Gasteiger partial charge >= 0.3 is 5.97 Å². The molecule has 1 fully saturated rings. The Morgan fingerprint density at radius 2 is 2.05 bits per heavy atom. The van der Waals surface area contributed by atoms with Crippen LogP contribution in [0.25, 0.3) is 0 Å². The molecule has 0 aromatic carbocycles. The van der Waals surface area contributed by atoms with E-state index >= 15 is 0 Å². The fourth-order valence-electron chi connectivity index (χ4n) is 2.75. The second kappa shape index (κ2) is 6.50. The molecule has 0 saturated heterocycles. The van der Waals surface area contributed by atoms with Gasteiger partial charge in [0.15, 0.2) is 4.67 Å². The number of carbonyl (C=O) groups is 1. The number of aromatic carboxylic acids is 1. The van der Waals surface area contributed by atoms with Crippen molar-refractivity contribution >= 4 is 31.9 Å². The summed E-state index contributed by atoms with van der Waals surface area (Å²) in [5.74, 6) is -1.68. The second-order valence-corrected chi connectivity index (χ2v) is 7.63. The van der Waals surface area contributed by atoms with Crippen LogP contribution in [0.1, 0.15) is 49.6 Å². The number of hydrogen-bond acceptors (Lipinski definition) is 4. The summed E-state index contributed by atoms with van der Waals surface area (Å²) in [4.78, 5) is 10.8. The SMILES string of the molecule is CCN(C1CCCCC1)S(=O)(=O)c1cc(C(=O)O)oc1Br. The summed E-state index contributed by atoms with van der Waals surface area (Å²) in [6, 6.07) is 1.04. The van der Waals surface area contributed by atoms with Gasteiger partial charge < -0.3 is 9.52 Å². The average Bonchev–Trinajstić information content (AvgIpc) is 2.83. The largest absolute Gasteiger partial charge is 0.475 e. The molecule has 1 aliphatic rings. The van der Waals surface area contributed by atoms with Crippen LogP contribution in [0.4, 0.5) is 0 Å². The molecule has 8 heteroatoms. The maximum Gasteiger partial charge on any atom is 0.371 e. The Morgan fingerprint density at radius 1 is 1.43 bits per heavy atom. The summed E-state index contributed by atoms with van der Waals surface area (Å²) >= 11 is 3.01. The van der Waals surface area contributed by atoms with Crippen LogP contribution in [0.2, 0.25) is 0 Å². The summed E-state index contributed by atoms with van der Waals surface area (Å²) in [6.07, 6.45) is 4.85. The van der Waals surface area contributed by atoms with Crippen LogP contribution in [-0.2, 0) is 10.0 Å². The predicted octanol–water partition coefficient (Wildman–Crippen LogP) is 3.08. The lowest BCUT2D eigenvalue weighted by atomic mass is 9.95. The molecule has 118 valence electrons. The molecule has 0 bridgehead atoms. The lowest BCUT2D eigenvalue weighted by Gasteiger charge is -2.32. The van der Waals surface area contributed by atoms with E-state index in [9.17, 15) is 13.2 Å². The van der Waals surface area contributed by atoms with Crippen molar-refractivity contribution < 1.29 is 22.7 Å². The molecule has 1 saturated carbocycles. The van der Waals surface area contributed by atoms with Crippen LogP contribution in [0.15, 0.2) is 20.0 Å². The number of sulfonamides is 1. The molecular weight excluding hydrogens is 362 g/mol. The molecule has 0 atom stereocenters. The third-order valence-corrected chi connectivity index (χ3v) is 6.63. The lowest BCUT2D eigenvalue weighted by molar-refractivity contribution is 0.0661. The van der Waals surface area contributed by atoms with Crippen LogP contribution < -0.4 is 0 Å². The van der Waals surface area contributed by atoms with Crippen molar-refractivity contribution in [1.82, 2.24) is 4.31 Å². The number of furan rings is 1. The number of hydrogen-bond donors (Lipinski definition) is 1. The van der Waals surface area contributed by atoms with Gasteiger partial charge in [0, 0.05) is 18.7 Å². The van der Waals surface area contributed by atoms with Gasteiger partial charge in [-0.25, -0.2) is 13.2 Å². The van der Waals surface area contributed by atoms with Crippen LogP contribution >= 0.6 is 15.9 Å². The molecule has 6 nitrogen and oxygen atoms in total. The topological polar surface area (TPSA) is 87.8 Å². The smallest absolute Gasteiger partial charge is 0.371 e. The molecule has 1 aromatic heterocycles. The van der Waals surface area contributed by atoms with Gasteiger partial charge in [-0.15, -0.1) is 0 Å². The van der Waals surface area contributed by atoms with Crippen molar-refractivity contribution in [2.24, 2.45) is 0 Å². The molecule has 1 aromatic rings. The number of rotatable bonds is 5. The number of carboxylic acid groups (broad SMARTS) is 1. The highest BCUT2D eigenvalue weighted by Crippen LogP contribution is 2.32. The zero-order chi connectivity index (χ0) is 15.6. The van der Waals surface area contributed by atoms with Gasteiger partial charge in [0.1, 0.15) is 4.90 Å². The monoisotopic (exact) mass is 379 g/mol. The molecule has 0 unspecified atom stereocenters. The standard InChI is InChI=1S/C13H18BrNO5S/c1-2-15(9-6-4-3-5-7-9)21(18,19)11-8-10(13(16)17)20-12(11)14/h8-9H,2-7H2,1H3,(H,16,17). The second-order valence-electron chi connectivity index (χ2n) is 5.05. The summed E-state index contributed by atoms with van der Waals surface area (Å²) in [6.45, 7) is 2.14. The molecule has 1 heterocycles. The summed E-state index contributed by atoms with van der Waals surface area (Å²) in [5, 5.41) is 8.91. The molecule has 0 aliphatic heterocycles. The van der Waals surface area contributed by atoms with E-state index in [1.165, 1.54) is 4.31 Å². The molecule has 1 aliphatic carbocycles. The van der Waals surface area contributed by atoms with Crippen molar-refractivity contribution in [2.45, 2.75) is 50.0 Å². The van der Waals surface area contributed by atoms with Crippen molar-refractivity contribution in [1.29, 1.82) is 0 Å². The molecule has 0 amide bonds. The van der Waals surface area contributed by atoms with Gasteiger partial charge in [-0.2, -0.15) is 4.31 Å². The zero-order valence-corrected chi connectivity index (χ0v) is 14.1. The van der Waals surface area contributed by atoms with Crippen molar-refractivity contribution in [3.8, 4) is 0 Å². The van der Waals surface area contributed by atoms with Crippen molar-refractivity contribution in [3.05, 3.63) is 16.5 Å². The number of carboxylic acids is 1. The Morgan fingerprint density at radius 3 is 2.52 bits per heavy atom. The first-order valence-electron chi connectivity index (χ1n) is 6.92. The highest BCUT2D eigenvalue weighted by Gasteiger charge is 2.34. The average molecular weight is 380 g/mol. The maximum atomic E-state index is 12.8. The molecule has 0 spiro atoms. The Labute approximate surface area is 132 Å². The highest BCUT2D eigenvalue weighted by molar-refractivity contribution is 9.10. The first kappa shape index (κ1) is 16.5. The number of nitrogens with zero attached hydrogens (tertiary/aromatic N) is 1. The first-order valence-corrected chi connectivity index (χ1v) is 9.15. The predicted molar refractivity (Wildman–Crippen MR) is 79.8 cm³/mol. The van der Waals surface area contributed by atoms with E-state index in [1.54, 1.807) is 6.92 Å². The van der Waals surface area contributed by atoms with Crippen LogP contribution in [-0.4, -0.2) is 36.4 Å². The Hall–Kier alpha value is -0.860. The van der Waals surface area contributed by atoms with E-state index in [4.69, 9.17) is 9.52 Å². The fraction of sp³-hybridized carbons (Fsp3) is 0.615. The van der Waals surface area contributed by atoms with Crippen LogP contribution in [0.3, 0.4) is 0 Å². The zero-order valence-electron chi connectivity index (χ0n) is 11.7. The van der Waals surface area contributed by atoms with Crippen molar-refractivity contribution in [3.63, 3.8) is 0 Å². The highest BCUT2D eigenvalue weighted by atomic mass is 79.9. The minimum Gasteiger partial charge on any atom is -0.475 e. The number of halogens is 1. The van der Waals surface area contributed by atoms with Gasteiger partial charge in [-0.3, -0.25) is 0 Å². The van der Waals surface area contributed by atoms with Gasteiger partial charge in [0.2, 0.25) is 15.8 Å². The Balaban J connectivity index is 2.36. The van der Waals surface area contributed by atoms with Gasteiger partial charge in [-0.1, -0.05) is 26.2 Å². The third-order valence-electron chi connectivity index (χ3n) is 3.75. The van der Waals surface area contributed by atoms with E-state index in [0.717, 1.165) is 38.2 Å². The maximum absolute atomic E-state index is 12.8. The molecule has 2 rings (SSSR count). The summed E-state index contributed by atoms with van der Waals surface area (Å²) in [7, 11) is -3.76. The Kier molecular flexibility index (Phi) is 5.11. The molecule has 1 N–H and O–H groups in total. The lowest BCUT2D eigenvalue weighted by Crippen LogP contribution is -2.41.